The smallest absolute Gasteiger partial charge is 0.268 e. The highest BCUT2D eigenvalue weighted by Gasteiger charge is 2.35. The molecule has 0 radical (unpaired) electrons. The maximum absolute atomic E-state index is 13.4. The molecule has 2 aromatic heterocycles. The van der Waals surface area contributed by atoms with Crippen LogP contribution >= 0.6 is 0 Å². The highest BCUT2D eigenvalue weighted by molar-refractivity contribution is 7.90. The van der Waals surface area contributed by atoms with Gasteiger partial charge >= 0.3 is 0 Å². The number of nitrogens with one attached hydrogen (secondary N) is 1. The van der Waals surface area contributed by atoms with Gasteiger partial charge in [0.15, 0.2) is 0 Å². The van der Waals surface area contributed by atoms with E-state index in [4.69, 9.17) is 15.5 Å². The fourth-order valence-electron chi connectivity index (χ4n) is 4.94. The van der Waals surface area contributed by atoms with Crippen LogP contribution < -0.4 is 20.1 Å². The van der Waals surface area contributed by atoms with E-state index in [0.717, 1.165) is 37.4 Å². The number of aromatic nitrogens is 2. The summed E-state index contributed by atoms with van der Waals surface area (Å²) in [7, 11) is -4.12. The molecule has 3 heterocycles. The van der Waals surface area contributed by atoms with Crippen molar-refractivity contribution in [2.45, 2.75) is 50.5 Å². The molecule has 10 heteroatoms. The first-order valence-corrected chi connectivity index (χ1v) is 14.5. The minimum absolute atomic E-state index is 0.0120. The Kier molecular flexibility index (Phi) is 7.25. The second-order valence-corrected chi connectivity index (χ2v) is 12.0. The lowest BCUT2D eigenvalue weighted by molar-refractivity contribution is 0.0981. The van der Waals surface area contributed by atoms with E-state index in [0.29, 0.717) is 29.0 Å². The molecular weight excluding hydrogens is 502 g/mol. The quantitative estimate of drug-likeness (QED) is 0.410. The molecule has 3 aromatic rings. The number of amides is 1. The molecule has 9 nitrogen and oxygen atoms in total. The van der Waals surface area contributed by atoms with Crippen molar-refractivity contribution >= 4 is 27.4 Å². The molecule has 0 bridgehead atoms. The van der Waals surface area contributed by atoms with Crippen molar-refractivity contribution in [1.82, 2.24) is 14.7 Å². The molecule has 3 N–H and O–H groups in total. The number of ether oxygens (including phenoxy) is 1. The third-order valence-electron chi connectivity index (χ3n) is 6.95. The average molecular weight is 536 g/mol. The van der Waals surface area contributed by atoms with Gasteiger partial charge in [-0.25, -0.2) is 23.1 Å². The predicted molar refractivity (Wildman–Crippen MR) is 146 cm³/mol. The molecule has 1 saturated heterocycles. The van der Waals surface area contributed by atoms with Crippen molar-refractivity contribution < 1.29 is 17.9 Å². The van der Waals surface area contributed by atoms with Gasteiger partial charge in [-0.1, -0.05) is 6.07 Å². The van der Waals surface area contributed by atoms with E-state index in [1.807, 2.05) is 19.9 Å². The van der Waals surface area contributed by atoms with Gasteiger partial charge in [0.05, 0.1) is 22.3 Å². The number of nitrogens with zero attached hydrogens (tertiary/aromatic N) is 3. The van der Waals surface area contributed by atoms with Gasteiger partial charge in [-0.05, 0) is 87.8 Å². The number of hydrogen-bond acceptors (Lipinski definition) is 8. The molecule has 1 aliphatic heterocycles. The van der Waals surface area contributed by atoms with E-state index < -0.39 is 15.9 Å². The summed E-state index contributed by atoms with van der Waals surface area (Å²) in [6.45, 7) is 5.42. The van der Waals surface area contributed by atoms with Crippen molar-refractivity contribution in [2.24, 2.45) is 11.8 Å². The molecular formula is C28H33N5O4S. The summed E-state index contributed by atoms with van der Waals surface area (Å²) in [6.07, 6.45) is 6.35. The van der Waals surface area contributed by atoms with Crippen LogP contribution in [0.25, 0.3) is 11.3 Å². The fraction of sp³-hybridized carbons (Fsp3) is 0.393. The molecule has 1 aromatic carbocycles. The lowest BCUT2D eigenvalue weighted by Gasteiger charge is -2.35. The van der Waals surface area contributed by atoms with Crippen molar-refractivity contribution in [2.75, 3.05) is 23.7 Å². The van der Waals surface area contributed by atoms with E-state index in [-0.39, 0.29) is 16.6 Å². The Balaban J connectivity index is 1.47. The molecule has 1 atom stereocenters. The molecule has 1 aliphatic carbocycles. The predicted octanol–water partition coefficient (Wildman–Crippen LogP) is 4.26. The van der Waals surface area contributed by atoms with Crippen LogP contribution in [-0.4, -0.2) is 43.5 Å². The Morgan fingerprint density at radius 1 is 1.11 bits per heavy atom. The van der Waals surface area contributed by atoms with Gasteiger partial charge in [-0.15, -0.1) is 0 Å². The van der Waals surface area contributed by atoms with Crippen LogP contribution in [0, 0.1) is 11.8 Å². The van der Waals surface area contributed by atoms with Crippen LogP contribution in [0.2, 0.25) is 0 Å². The van der Waals surface area contributed by atoms with Crippen molar-refractivity contribution in [3.8, 4) is 17.1 Å². The van der Waals surface area contributed by atoms with Crippen LogP contribution in [0.4, 0.5) is 11.5 Å². The minimum atomic E-state index is -4.12. The monoisotopic (exact) mass is 535 g/mol. The van der Waals surface area contributed by atoms with Gasteiger partial charge in [0.1, 0.15) is 5.82 Å². The molecule has 0 spiro atoms. The van der Waals surface area contributed by atoms with Gasteiger partial charge in [-0.2, -0.15) is 0 Å². The number of carbonyl (C=O) groups excluding carboxylic acids is 1. The zero-order valence-electron chi connectivity index (χ0n) is 21.6. The lowest BCUT2D eigenvalue weighted by atomic mass is 9.93. The maximum atomic E-state index is 13.4. The second-order valence-electron chi connectivity index (χ2n) is 10.3. The molecule has 38 heavy (non-hydrogen) atoms. The average Bonchev–Trinajstić information content (AvgIpc) is 3.74. The van der Waals surface area contributed by atoms with Crippen molar-refractivity contribution in [1.29, 1.82) is 0 Å². The minimum Gasteiger partial charge on any atom is -0.475 e. The zero-order chi connectivity index (χ0) is 26.9. The van der Waals surface area contributed by atoms with Gasteiger partial charge in [-0.3, -0.25) is 4.79 Å². The Morgan fingerprint density at radius 2 is 1.92 bits per heavy atom. The van der Waals surface area contributed by atoms with Crippen molar-refractivity contribution in [3.63, 3.8) is 0 Å². The third-order valence-corrected chi connectivity index (χ3v) is 8.28. The number of anilines is 2. The molecule has 1 amide bonds. The molecule has 2 fully saturated rings. The summed E-state index contributed by atoms with van der Waals surface area (Å²) in [4.78, 5) is 24.7. The molecule has 1 unspecified atom stereocenters. The number of pyridine rings is 2. The Labute approximate surface area is 223 Å². The number of carbonyl (C=O) groups is 1. The number of piperidine rings is 1. The Bertz CT molecular complexity index is 1420. The number of nitrogen functional groups attached to an aromatic ring is 1. The van der Waals surface area contributed by atoms with Crippen LogP contribution in [-0.2, 0) is 10.0 Å². The Hall–Kier alpha value is -3.66. The SMILES string of the molecule is CC(C)Oc1ccc(-c2ccc(C(=O)NS(=O)(=O)c3cccc(N)c3)c(N3CCCC(C4CC4)C3)n2)cn1. The van der Waals surface area contributed by atoms with Crippen LogP contribution in [0.15, 0.2) is 59.6 Å². The number of sulfonamides is 1. The number of hydrogen-bond donors (Lipinski definition) is 2. The molecule has 200 valence electrons. The van der Waals surface area contributed by atoms with Gasteiger partial charge < -0.3 is 15.4 Å². The molecule has 1 saturated carbocycles. The van der Waals surface area contributed by atoms with E-state index in [2.05, 4.69) is 14.6 Å². The third kappa shape index (κ3) is 5.91. The first-order chi connectivity index (χ1) is 18.2. The van der Waals surface area contributed by atoms with E-state index in [9.17, 15) is 13.2 Å². The van der Waals surface area contributed by atoms with Gasteiger partial charge in [0.25, 0.3) is 15.9 Å². The van der Waals surface area contributed by atoms with Crippen LogP contribution in [0.3, 0.4) is 0 Å². The van der Waals surface area contributed by atoms with Crippen LogP contribution in [0.5, 0.6) is 5.88 Å². The van der Waals surface area contributed by atoms with E-state index in [1.165, 1.54) is 31.0 Å². The summed E-state index contributed by atoms with van der Waals surface area (Å²) < 4.78 is 33.8. The summed E-state index contributed by atoms with van der Waals surface area (Å²) >= 11 is 0. The highest BCUT2D eigenvalue weighted by atomic mass is 32.2. The fourth-order valence-corrected chi connectivity index (χ4v) is 5.96. The lowest BCUT2D eigenvalue weighted by Crippen LogP contribution is -2.39. The maximum Gasteiger partial charge on any atom is 0.268 e. The standard InChI is InChI=1S/C28H33N5O4S/c1-18(2)37-26-13-10-20(16-30-26)25-12-11-24(27(31-25)33-14-4-5-21(17-33)19-8-9-19)28(34)32-38(35,36)23-7-3-6-22(29)15-23/h3,6-7,10-13,15-16,18-19,21H,4-5,8-9,14,17,29H2,1-2H3,(H,32,34). The summed E-state index contributed by atoms with van der Waals surface area (Å²) in [5.74, 6) is 1.55. The van der Waals surface area contributed by atoms with Gasteiger partial charge in [0, 0.05) is 36.6 Å². The Morgan fingerprint density at radius 3 is 2.61 bits per heavy atom. The molecule has 5 rings (SSSR count). The van der Waals surface area contributed by atoms with Crippen molar-refractivity contribution in [3.05, 3.63) is 60.3 Å². The van der Waals surface area contributed by atoms with Gasteiger partial charge in [0.2, 0.25) is 5.88 Å². The summed E-state index contributed by atoms with van der Waals surface area (Å²) in [5.41, 5.74) is 7.69. The van der Waals surface area contributed by atoms with Crippen LogP contribution in [0.1, 0.15) is 49.9 Å². The number of nitrogens with two attached hydrogens (primary N) is 1. The largest absolute Gasteiger partial charge is 0.475 e. The summed E-state index contributed by atoms with van der Waals surface area (Å²) in [5, 5.41) is 0. The first kappa shape index (κ1) is 26.0. The van der Waals surface area contributed by atoms with E-state index in [1.54, 1.807) is 30.5 Å². The normalized spacial score (nSPS) is 17.9. The first-order valence-electron chi connectivity index (χ1n) is 13.0. The molecule has 2 aliphatic rings. The number of rotatable bonds is 8. The number of benzene rings is 1. The zero-order valence-corrected chi connectivity index (χ0v) is 22.4. The topological polar surface area (TPSA) is 128 Å². The second kappa shape index (κ2) is 10.6. The van der Waals surface area contributed by atoms with E-state index >= 15 is 0 Å². The summed E-state index contributed by atoms with van der Waals surface area (Å²) in [6, 6.07) is 12.9. The highest BCUT2D eigenvalue weighted by Crippen LogP contribution is 2.42.